The number of aromatic nitrogens is 2. The summed E-state index contributed by atoms with van der Waals surface area (Å²) in [6.45, 7) is 5.12. The van der Waals surface area contributed by atoms with Gasteiger partial charge in [0.05, 0.1) is 18.2 Å². The highest BCUT2D eigenvalue weighted by Crippen LogP contribution is 2.12. The van der Waals surface area contributed by atoms with E-state index < -0.39 is 0 Å². The standard InChI is InChI=1S/C23H24N2O/c1-18(2)14-19-8-10-21(11-9-19)23(26)13-12-22-15-24-17-25(22)16-20-6-4-3-5-7-20/h3-13,15,17-18H,14,16H2,1-2H3. The molecular formula is C23H24N2O. The maximum absolute atomic E-state index is 12.4. The first-order valence-electron chi connectivity index (χ1n) is 8.97. The molecule has 132 valence electrons. The Bertz CT molecular complexity index is 874. The average Bonchev–Trinajstić information content (AvgIpc) is 3.07. The molecule has 0 amide bonds. The van der Waals surface area contributed by atoms with Crippen LogP contribution in [0.3, 0.4) is 0 Å². The first-order chi connectivity index (χ1) is 12.6. The molecule has 0 spiro atoms. The van der Waals surface area contributed by atoms with Crippen LogP contribution in [0.4, 0.5) is 0 Å². The molecule has 0 aliphatic carbocycles. The smallest absolute Gasteiger partial charge is 0.185 e. The average molecular weight is 344 g/mol. The summed E-state index contributed by atoms with van der Waals surface area (Å²) in [5, 5.41) is 0. The van der Waals surface area contributed by atoms with Gasteiger partial charge < -0.3 is 4.57 Å². The Labute approximate surface area is 155 Å². The van der Waals surface area contributed by atoms with Gasteiger partial charge in [0.1, 0.15) is 0 Å². The summed E-state index contributed by atoms with van der Waals surface area (Å²) in [5.41, 5.74) is 4.09. The van der Waals surface area contributed by atoms with Crippen LogP contribution in [0.2, 0.25) is 0 Å². The molecule has 0 atom stereocenters. The van der Waals surface area contributed by atoms with Gasteiger partial charge in [-0.2, -0.15) is 0 Å². The Morgan fingerprint density at radius 2 is 1.77 bits per heavy atom. The van der Waals surface area contributed by atoms with Gasteiger partial charge in [0.25, 0.3) is 0 Å². The van der Waals surface area contributed by atoms with Crippen molar-refractivity contribution in [2.45, 2.75) is 26.8 Å². The molecule has 0 fully saturated rings. The highest BCUT2D eigenvalue weighted by Gasteiger charge is 2.05. The third-order valence-electron chi connectivity index (χ3n) is 4.23. The van der Waals surface area contributed by atoms with Crippen molar-refractivity contribution in [2.24, 2.45) is 5.92 Å². The molecule has 26 heavy (non-hydrogen) atoms. The van der Waals surface area contributed by atoms with E-state index in [4.69, 9.17) is 0 Å². The van der Waals surface area contributed by atoms with Gasteiger partial charge >= 0.3 is 0 Å². The van der Waals surface area contributed by atoms with Gasteiger partial charge in [-0.25, -0.2) is 4.98 Å². The number of carbonyl (C=O) groups excluding carboxylic acids is 1. The van der Waals surface area contributed by atoms with Crippen molar-refractivity contribution in [1.29, 1.82) is 0 Å². The molecular weight excluding hydrogens is 320 g/mol. The van der Waals surface area contributed by atoms with E-state index >= 15 is 0 Å². The number of hydrogen-bond acceptors (Lipinski definition) is 2. The number of ketones is 1. The number of carbonyl (C=O) groups is 1. The summed E-state index contributed by atoms with van der Waals surface area (Å²) < 4.78 is 2.03. The molecule has 1 aromatic heterocycles. The zero-order chi connectivity index (χ0) is 18.4. The van der Waals surface area contributed by atoms with E-state index in [0.717, 1.165) is 18.7 Å². The van der Waals surface area contributed by atoms with Gasteiger partial charge in [0, 0.05) is 12.1 Å². The van der Waals surface area contributed by atoms with E-state index in [2.05, 4.69) is 31.0 Å². The third kappa shape index (κ3) is 4.79. The number of hydrogen-bond donors (Lipinski definition) is 0. The maximum Gasteiger partial charge on any atom is 0.185 e. The van der Waals surface area contributed by atoms with E-state index in [9.17, 15) is 4.79 Å². The van der Waals surface area contributed by atoms with E-state index in [1.165, 1.54) is 11.1 Å². The Morgan fingerprint density at radius 1 is 1.04 bits per heavy atom. The van der Waals surface area contributed by atoms with Crippen LogP contribution in [0.15, 0.2) is 73.2 Å². The molecule has 3 rings (SSSR count). The zero-order valence-electron chi connectivity index (χ0n) is 15.3. The highest BCUT2D eigenvalue weighted by molar-refractivity contribution is 6.06. The molecule has 3 nitrogen and oxygen atoms in total. The lowest BCUT2D eigenvalue weighted by molar-refractivity contribution is 0.104. The summed E-state index contributed by atoms with van der Waals surface area (Å²) in [6.07, 6.45) is 8.05. The molecule has 1 heterocycles. The molecule has 3 heteroatoms. The van der Waals surface area contributed by atoms with E-state index in [1.54, 1.807) is 18.6 Å². The van der Waals surface area contributed by atoms with Gasteiger partial charge in [-0.15, -0.1) is 0 Å². The van der Waals surface area contributed by atoms with Crippen molar-refractivity contribution in [2.75, 3.05) is 0 Å². The second kappa shape index (κ2) is 8.43. The molecule has 0 N–H and O–H groups in total. The Hall–Kier alpha value is -2.94. The lowest BCUT2D eigenvalue weighted by atomic mass is 10.0. The van der Waals surface area contributed by atoms with Gasteiger partial charge in [0.2, 0.25) is 0 Å². The number of rotatable bonds is 7. The van der Waals surface area contributed by atoms with Gasteiger partial charge in [-0.3, -0.25) is 4.79 Å². The fraction of sp³-hybridized carbons (Fsp3) is 0.217. The normalized spacial score (nSPS) is 11.3. The minimum absolute atomic E-state index is 0.00792. The topological polar surface area (TPSA) is 34.9 Å². The van der Waals surface area contributed by atoms with Crippen molar-refractivity contribution < 1.29 is 4.79 Å². The highest BCUT2D eigenvalue weighted by atomic mass is 16.1. The molecule has 0 bridgehead atoms. The van der Waals surface area contributed by atoms with Crippen molar-refractivity contribution in [3.05, 3.63) is 95.6 Å². The van der Waals surface area contributed by atoms with Crippen molar-refractivity contribution in [3.63, 3.8) is 0 Å². The van der Waals surface area contributed by atoms with E-state index in [-0.39, 0.29) is 5.78 Å². The second-order valence-electron chi connectivity index (χ2n) is 6.92. The lowest BCUT2D eigenvalue weighted by Gasteiger charge is -2.06. The zero-order valence-corrected chi connectivity index (χ0v) is 15.3. The number of imidazole rings is 1. The van der Waals surface area contributed by atoms with Crippen LogP contribution in [0, 0.1) is 5.92 Å². The Balaban J connectivity index is 1.68. The summed E-state index contributed by atoms with van der Waals surface area (Å²) in [5.74, 6) is 0.620. The van der Waals surface area contributed by atoms with Crippen LogP contribution in [-0.4, -0.2) is 15.3 Å². The summed E-state index contributed by atoms with van der Waals surface area (Å²) >= 11 is 0. The van der Waals surface area contributed by atoms with Crippen LogP contribution in [0.25, 0.3) is 6.08 Å². The molecule has 0 saturated carbocycles. The van der Waals surface area contributed by atoms with Crippen LogP contribution in [0.1, 0.15) is 41.0 Å². The minimum Gasteiger partial charge on any atom is -0.327 e. The van der Waals surface area contributed by atoms with Gasteiger partial charge in [-0.05, 0) is 35.6 Å². The van der Waals surface area contributed by atoms with Crippen LogP contribution in [-0.2, 0) is 13.0 Å². The SMILES string of the molecule is CC(C)Cc1ccc(C(=O)C=Cc2cncn2Cc2ccccc2)cc1. The summed E-state index contributed by atoms with van der Waals surface area (Å²) in [4.78, 5) is 16.6. The van der Waals surface area contributed by atoms with E-state index in [1.807, 2.05) is 53.1 Å². The first-order valence-corrected chi connectivity index (χ1v) is 8.97. The predicted octanol–water partition coefficient (Wildman–Crippen LogP) is 5.03. The molecule has 0 aliphatic rings. The minimum atomic E-state index is 0.00792. The fourth-order valence-corrected chi connectivity index (χ4v) is 2.92. The fourth-order valence-electron chi connectivity index (χ4n) is 2.92. The Morgan fingerprint density at radius 3 is 2.46 bits per heavy atom. The van der Waals surface area contributed by atoms with Crippen LogP contribution >= 0.6 is 0 Å². The van der Waals surface area contributed by atoms with Gasteiger partial charge in [-0.1, -0.05) is 68.4 Å². The van der Waals surface area contributed by atoms with E-state index in [0.29, 0.717) is 11.5 Å². The second-order valence-corrected chi connectivity index (χ2v) is 6.92. The van der Waals surface area contributed by atoms with Crippen LogP contribution < -0.4 is 0 Å². The molecule has 3 aromatic rings. The third-order valence-corrected chi connectivity index (χ3v) is 4.23. The molecule has 0 unspecified atom stereocenters. The quantitative estimate of drug-likeness (QED) is 0.445. The number of benzene rings is 2. The van der Waals surface area contributed by atoms with Crippen molar-refractivity contribution >= 4 is 11.9 Å². The predicted molar refractivity (Wildman–Crippen MR) is 106 cm³/mol. The number of nitrogens with zero attached hydrogens (tertiary/aromatic N) is 2. The molecule has 0 saturated heterocycles. The molecule has 0 aliphatic heterocycles. The summed E-state index contributed by atoms with van der Waals surface area (Å²) in [7, 11) is 0. The van der Waals surface area contributed by atoms with Crippen molar-refractivity contribution in [1.82, 2.24) is 9.55 Å². The van der Waals surface area contributed by atoms with Gasteiger partial charge in [0.15, 0.2) is 5.78 Å². The molecule has 2 aromatic carbocycles. The molecule has 0 radical (unpaired) electrons. The first kappa shape index (κ1) is 17.9. The maximum atomic E-state index is 12.4. The largest absolute Gasteiger partial charge is 0.327 e. The number of allylic oxidation sites excluding steroid dienone is 1. The lowest BCUT2D eigenvalue weighted by Crippen LogP contribution is -2.01. The summed E-state index contributed by atoms with van der Waals surface area (Å²) in [6, 6.07) is 18.1. The monoisotopic (exact) mass is 344 g/mol. The van der Waals surface area contributed by atoms with Crippen LogP contribution in [0.5, 0.6) is 0 Å². The Kier molecular flexibility index (Phi) is 5.80. The van der Waals surface area contributed by atoms with Crippen molar-refractivity contribution in [3.8, 4) is 0 Å².